The Labute approximate surface area is 218 Å². The Bertz CT molecular complexity index is 1920. The highest BCUT2D eigenvalue weighted by Crippen LogP contribution is 2.37. The van der Waals surface area contributed by atoms with Gasteiger partial charge in [-0.25, -0.2) is 0 Å². The molecular weight excluding hydrogens is 509 g/mol. The quantitative estimate of drug-likeness (QED) is 0.246. The summed E-state index contributed by atoms with van der Waals surface area (Å²) in [5.74, 6) is 0.237. The average molecular weight is 534 g/mol. The highest BCUT2D eigenvalue weighted by Gasteiger charge is 2.20. The zero-order valence-corrected chi connectivity index (χ0v) is 21.6. The van der Waals surface area contributed by atoms with Gasteiger partial charge in [-0.2, -0.15) is 13.7 Å². The molecule has 0 bridgehead atoms. The molecule has 0 amide bonds. The van der Waals surface area contributed by atoms with E-state index in [0.29, 0.717) is 63.0 Å². The predicted octanol–water partition coefficient (Wildman–Crippen LogP) is 5.97. The van der Waals surface area contributed by atoms with Crippen molar-refractivity contribution in [2.45, 2.75) is 33.2 Å². The third-order valence-corrected chi connectivity index (χ3v) is 6.81. The Balaban J connectivity index is 1.85. The van der Waals surface area contributed by atoms with Crippen LogP contribution in [0, 0.1) is 11.3 Å². The molecule has 5 rings (SSSR count). The predicted molar refractivity (Wildman–Crippen MR) is 144 cm³/mol. The van der Waals surface area contributed by atoms with Gasteiger partial charge in [0.05, 0.1) is 34.5 Å². The van der Waals surface area contributed by atoms with Gasteiger partial charge in [-0.1, -0.05) is 35.4 Å². The summed E-state index contributed by atoms with van der Waals surface area (Å²) in [6.07, 6.45) is 1.78. The first kappa shape index (κ1) is 25.3. The number of aromatic amines is 1. The molecule has 5 aromatic rings. The number of ether oxygens (including phenoxy) is 1. The molecule has 38 heavy (non-hydrogen) atoms. The number of fused-ring (bicyclic) bond motifs is 4. The van der Waals surface area contributed by atoms with Crippen LogP contribution in [-0.4, -0.2) is 24.6 Å². The number of halogens is 1. The minimum Gasteiger partial charge on any atom is -0.493 e. The van der Waals surface area contributed by atoms with Crippen LogP contribution in [-0.2, 0) is 17.0 Å². The van der Waals surface area contributed by atoms with E-state index >= 15 is 0 Å². The number of nitrogens with one attached hydrogen (secondary N) is 1. The second kappa shape index (κ2) is 9.84. The Morgan fingerprint density at radius 1 is 1.08 bits per heavy atom. The van der Waals surface area contributed by atoms with E-state index in [1.165, 1.54) is 12.1 Å². The molecule has 0 fully saturated rings. The third kappa shape index (κ3) is 4.57. The normalized spacial score (nSPS) is 11.7. The van der Waals surface area contributed by atoms with Crippen molar-refractivity contribution in [1.29, 1.82) is 5.26 Å². The summed E-state index contributed by atoms with van der Waals surface area (Å²) >= 11 is 0. The lowest BCUT2D eigenvalue weighted by atomic mass is 10.0. The maximum atomic E-state index is 13.9. The number of benzene rings is 3. The summed E-state index contributed by atoms with van der Waals surface area (Å²) in [5.41, 5.74) is 3.43. The highest BCUT2D eigenvalue weighted by molar-refractivity contribution is 7.81. The number of hydrogen-bond acceptors (Lipinski definition) is 6. The molecule has 0 aliphatic heterocycles. The first-order valence-corrected chi connectivity index (χ1v) is 13.5. The van der Waals surface area contributed by atoms with Gasteiger partial charge in [0.15, 0.2) is 5.43 Å². The fourth-order valence-corrected chi connectivity index (χ4v) is 5.13. The number of unbranched alkanes of at least 4 members (excludes halogenated alkanes) is 1. The molecule has 8 nitrogen and oxygen atoms in total. The van der Waals surface area contributed by atoms with E-state index in [4.69, 9.17) is 4.74 Å². The molecule has 0 aliphatic rings. The van der Waals surface area contributed by atoms with E-state index in [9.17, 15) is 22.4 Å². The fourth-order valence-electron chi connectivity index (χ4n) is 4.79. The van der Waals surface area contributed by atoms with Gasteiger partial charge in [0.25, 0.3) is 0 Å². The first-order chi connectivity index (χ1) is 18.2. The van der Waals surface area contributed by atoms with E-state index in [0.717, 1.165) is 18.2 Å². The number of rotatable bonds is 8. The topological polar surface area (TPSA) is 114 Å². The molecule has 0 saturated heterocycles. The van der Waals surface area contributed by atoms with Crippen LogP contribution in [0.15, 0.2) is 59.4 Å². The summed E-state index contributed by atoms with van der Waals surface area (Å²) < 4.78 is 47.7. The molecule has 0 aliphatic carbocycles. The van der Waals surface area contributed by atoms with Crippen LogP contribution >= 0.6 is 0 Å². The lowest BCUT2D eigenvalue weighted by Crippen LogP contribution is -2.12. The number of aryl methyl sites for hydroxylation is 1. The van der Waals surface area contributed by atoms with E-state index in [1.54, 1.807) is 36.4 Å². The monoisotopic (exact) mass is 533 g/mol. The molecule has 0 unspecified atom stereocenters. The van der Waals surface area contributed by atoms with Gasteiger partial charge in [0.1, 0.15) is 17.1 Å². The molecule has 194 valence electrons. The maximum Gasteiger partial charge on any atom is 0.488 e. The van der Waals surface area contributed by atoms with Crippen LogP contribution in [0.3, 0.4) is 0 Å². The fraction of sp³-hybridized carbons (Fsp3) is 0.214. The van der Waals surface area contributed by atoms with E-state index in [2.05, 4.69) is 22.2 Å². The van der Waals surface area contributed by atoms with Crippen LogP contribution in [0.2, 0.25) is 0 Å². The van der Waals surface area contributed by atoms with Crippen molar-refractivity contribution < 1.29 is 21.2 Å². The van der Waals surface area contributed by atoms with Crippen molar-refractivity contribution in [3.63, 3.8) is 0 Å². The number of nitrogens with zero attached hydrogens (tertiary/aromatic N) is 2. The molecule has 10 heteroatoms. The average Bonchev–Trinajstić information content (AvgIpc) is 3.26. The van der Waals surface area contributed by atoms with Crippen LogP contribution in [0.1, 0.15) is 32.3 Å². The summed E-state index contributed by atoms with van der Waals surface area (Å²) in [6, 6.07) is 16.9. The molecular formula is C28H24FN3O5S. The zero-order valence-electron chi connectivity index (χ0n) is 20.7. The van der Waals surface area contributed by atoms with Crippen molar-refractivity contribution in [3.05, 3.63) is 70.4 Å². The summed E-state index contributed by atoms with van der Waals surface area (Å²) in [5, 5.41) is 11.1. The lowest BCUT2D eigenvalue weighted by Gasteiger charge is -2.17. The van der Waals surface area contributed by atoms with Crippen molar-refractivity contribution in [3.8, 4) is 28.7 Å². The van der Waals surface area contributed by atoms with Gasteiger partial charge in [-0.3, -0.25) is 4.79 Å². The highest BCUT2D eigenvalue weighted by atomic mass is 32.3. The Hall–Kier alpha value is -4.36. The Morgan fingerprint density at radius 3 is 2.61 bits per heavy atom. The van der Waals surface area contributed by atoms with E-state index in [1.807, 2.05) is 17.6 Å². The summed E-state index contributed by atoms with van der Waals surface area (Å²) in [6.45, 7) is 4.84. The first-order valence-electron chi connectivity index (χ1n) is 12.2. The molecule has 1 N–H and O–H groups in total. The largest absolute Gasteiger partial charge is 0.493 e. The maximum absolute atomic E-state index is 13.9. The second-order valence-electron chi connectivity index (χ2n) is 8.86. The number of hydrogen-bond donors (Lipinski definition) is 1. The van der Waals surface area contributed by atoms with Crippen molar-refractivity contribution >= 4 is 43.3 Å². The van der Waals surface area contributed by atoms with Crippen LogP contribution in [0.5, 0.6) is 11.5 Å². The SMILES string of the molecule is CCCCn1c2cc(-c3cccc(OS(=O)(=O)F)c3)c(OCC)cc2c(=O)c2c3ccc(C#N)cc3[nH]c21. The van der Waals surface area contributed by atoms with Crippen molar-refractivity contribution in [1.82, 2.24) is 9.55 Å². The number of pyridine rings is 1. The van der Waals surface area contributed by atoms with Gasteiger partial charge >= 0.3 is 10.5 Å². The molecule has 3 aromatic carbocycles. The second-order valence-corrected chi connectivity index (χ2v) is 9.81. The molecule has 0 atom stereocenters. The molecule has 0 radical (unpaired) electrons. The van der Waals surface area contributed by atoms with E-state index < -0.39 is 10.5 Å². The lowest BCUT2D eigenvalue weighted by molar-refractivity contribution is 0.342. The van der Waals surface area contributed by atoms with Gasteiger partial charge in [0.2, 0.25) is 0 Å². The Kier molecular flexibility index (Phi) is 6.55. The number of H-pyrrole nitrogens is 1. The minimum atomic E-state index is -5.20. The molecule has 2 aromatic heterocycles. The van der Waals surface area contributed by atoms with Crippen molar-refractivity contribution in [2.75, 3.05) is 6.61 Å². The van der Waals surface area contributed by atoms with E-state index in [-0.39, 0.29) is 11.2 Å². The van der Waals surface area contributed by atoms with Crippen LogP contribution in [0.4, 0.5) is 3.89 Å². The molecule has 0 saturated carbocycles. The number of nitriles is 1. The number of aromatic nitrogens is 2. The van der Waals surface area contributed by atoms with Gasteiger partial charge < -0.3 is 18.5 Å². The third-order valence-electron chi connectivity index (χ3n) is 6.41. The Morgan fingerprint density at radius 2 is 1.89 bits per heavy atom. The van der Waals surface area contributed by atoms with Gasteiger partial charge in [-0.15, -0.1) is 0 Å². The van der Waals surface area contributed by atoms with Gasteiger partial charge in [0, 0.05) is 23.0 Å². The molecule has 2 heterocycles. The van der Waals surface area contributed by atoms with Crippen molar-refractivity contribution in [2.24, 2.45) is 0 Å². The summed E-state index contributed by atoms with van der Waals surface area (Å²) in [4.78, 5) is 17.2. The minimum absolute atomic E-state index is 0.174. The smallest absolute Gasteiger partial charge is 0.488 e. The standard InChI is InChI=1S/C28H24FN3O5S/c1-3-5-11-32-24-14-21(18-7-6-8-19(13-18)37-38(29,34)35)25(36-4-2)15-22(24)27(33)26-20-10-9-17(16-30)12-23(20)31-28(26)32/h6-10,12-15,31H,3-5,11H2,1-2H3. The summed E-state index contributed by atoms with van der Waals surface area (Å²) in [7, 11) is -5.20. The van der Waals surface area contributed by atoms with Crippen LogP contribution < -0.4 is 14.3 Å². The molecule has 0 spiro atoms. The van der Waals surface area contributed by atoms with Crippen LogP contribution in [0.25, 0.3) is 44.0 Å². The zero-order chi connectivity index (χ0) is 27.0. The van der Waals surface area contributed by atoms with Gasteiger partial charge in [-0.05, 0) is 55.3 Å².